The molecule has 2 aromatic rings. The first-order chi connectivity index (χ1) is 11.6. The Kier molecular flexibility index (Phi) is 7.25. The molecule has 1 aromatic carbocycles. The zero-order valence-electron chi connectivity index (χ0n) is 15.1. The van der Waals surface area contributed by atoms with Crippen molar-refractivity contribution in [3.05, 3.63) is 51.5 Å². The fourth-order valence-electron chi connectivity index (χ4n) is 2.89. The molecular formula is C19H27IN4S. The second kappa shape index (κ2) is 8.98. The van der Waals surface area contributed by atoms with Gasteiger partial charge in [-0.05, 0) is 44.1 Å². The van der Waals surface area contributed by atoms with E-state index in [0.29, 0.717) is 5.41 Å². The highest BCUT2D eigenvalue weighted by molar-refractivity contribution is 14.0. The SMILES string of the molecule is CN=C(NCc1nc(C)c(C)s1)NCC1(Cc2ccccc2)CC1.I. The summed E-state index contributed by atoms with van der Waals surface area (Å²) in [6.07, 6.45) is 3.72. The molecule has 0 spiro atoms. The molecular weight excluding hydrogens is 443 g/mol. The number of rotatable bonds is 6. The minimum absolute atomic E-state index is 0. The predicted octanol–water partition coefficient (Wildman–Crippen LogP) is 4.07. The highest BCUT2D eigenvalue weighted by Crippen LogP contribution is 2.47. The summed E-state index contributed by atoms with van der Waals surface area (Å²) in [6.45, 7) is 5.87. The van der Waals surface area contributed by atoms with E-state index in [9.17, 15) is 0 Å². The van der Waals surface area contributed by atoms with Crippen LogP contribution in [0, 0.1) is 19.3 Å². The molecule has 3 rings (SSSR count). The third-order valence-corrected chi connectivity index (χ3v) is 5.79. The highest BCUT2D eigenvalue weighted by Gasteiger charge is 2.42. The van der Waals surface area contributed by atoms with Gasteiger partial charge < -0.3 is 10.6 Å². The number of guanidine groups is 1. The van der Waals surface area contributed by atoms with Crippen molar-refractivity contribution >= 4 is 41.3 Å². The van der Waals surface area contributed by atoms with Gasteiger partial charge >= 0.3 is 0 Å². The molecule has 0 amide bonds. The molecule has 0 saturated heterocycles. The standard InChI is InChI=1S/C19H26N4S.HI/c1-14-15(2)24-17(23-14)12-21-18(20-3)22-13-19(9-10-19)11-16-7-5-4-6-8-16;/h4-8H,9-13H2,1-3H3,(H2,20,21,22);1H. The van der Waals surface area contributed by atoms with Crippen LogP contribution in [0.2, 0.25) is 0 Å². The van der Waals surface area contributed by atoms with Gasteiger partial charge in [-0.25, -0.2) is 4.98 Å². The molecule has 4 nitrogen and oxygen atoms in total. The zero-order chi connectivity index (χ0) is 17.0. The van der Waals surface area contributed by atoms with Crippen LogP contribution in [0.4, 0.5) is 0 Å². The second-order valence-corrected chi connectivity index (χ2v) is 7.98. The molecule has 136 valence electrons. The Balaban J connectivity index is 0.00000225. The van der Waals surface area contributed by atoms with Gasteiger partial charge in [0.2, 0.25) is 0 Å². The van der Waals surface area contributed by atoms with E-state index >= 15 is 0 Å². The lowest BCUT2D eigenvalue weighted by Gasteiger charge is -2.18. The number of hydrogen-bond acceptors (Lipinski definition) is 3. The predicted molar refractivity (Wildman–Crippen MR) is 117 cm³/mol. The van der Waals surface area contributed by atoms with Crippen molar-refractivity contribution in [1.29, 1.82) is 0 Å². The van der Waals surface area contributed by atoms with Crippen LogP contribution < -0.4 is 10.6 Å². The zero-order valence-corrected chi connectivity index (χ0v) is 18.3. The van der Waals surface area contributed by atoms with E-state index in [2.05, 4.69) is 64.8 Å². The molecule has 0 unspecified atom stereocenters. The number of hydrogen-bond donors (Lipinski definition) is 2. The van der Waals surface area contributed by atoms with Gasteiger partial charge in [-0.2, -0.15) is 0 Å². The molecule has 0 aliphatic heterocycles. The van der Waals surface area contributed by atoms with Crippen molar-refractivity contribution in [2.24, 2.45) is 10.4 Å². The lowest BCUT2D eigenvalue weighted by Crippen LogP contribution is -2.40. The van der Waals surface area contributed by atoms with Crippen LogP contribution in [-0.4, -0.2) is 24.5 Å². The number of aryl methyl sites for hydroxylation is 2. The summed E-state index contributed by atoms with van der Waals surface area (Å²) in [7, 11) is 1.82. The molecule has 1 fully saturated rings. The number of benzene rings is 1. The van der Waals surface area contributed by atoms with Crippen molar-refractivity contribution in [1.82, 2.24) is 15.6 Å². The molecule has 0 radical (unpaired) electrons. The van der Waals surface area contributed by atoms with Crippen LogP contribution in [0.5, 0.6) is 0 Å². The molecule has 2 N–H and O–H groups in total. The minimum atomic E-state index is 0. The summed E-state index contributed by atoms with van der Waals surface area (Å²) >= 11 is 1.75. The summed E-state index contributed by atoms with van der Waals surface area (Å²) in [5.41, 5.74) is 2.95. The van der Waals surface area contributed by atoms with Crippen LogP contribution >= 0.6 is 35.3 Å². The fraction of sp³-hybridized carbons (Fsp3) is 0.474. The molecule has 1 heterocycles. The monoisotopic (exact) mass is 470 g/mol. The van der Waals surface area contributed by atoms with E-state index in [0.717, 1.165) is 36.2 Å². The largest absolute Gasteiger partial charge is 0.356 e. The molecule has 0 atom stereocenters. The average molecular weight is 470 g/mol. The molecule has 0 bridgehead atoms. The van der Waals surface area contributed by atoms with Crippen LogP contribution in [0.1, 0.15) is 34.0 Å². The van der Waals surface area contributed by atoms with Gasteiger partial charge in [0, 0.05) is 18.5 Å². The van der Waals surface area contributed by atoms with Gasteiger partial charge in [-0.15, -0.1) is 35.3 Å². The summed E-state index contributed by atoms with van der Waals surface area (Å²) in [5, 5.41) is 7.99. The minimum Gasteiger partial charge on any atom is -0.356 e. The second-order valence-electron chi connectivity index (χ2n) is 6.69. The number of halogens is 1. The Morgan fingerprint density at radius 2 is 1.92 bits per heavy atom. The van der Waals surface area contributed by atoms with Gasteiger partial charge in [-0.3, -0.25) is 4.99 Å². The van der Waals surface area contributed by atoms with Crippen molar-refractivity contribution in [3.63, 3.8) is 0 Å². The van der Waals surface area contributed by atoms with Crippen molar-refractivity contribution in [2.45, 2.75) is 39.7 Å². The Morgan fingerprint density at radius 3 is 2.48 bits per heavy atom. The van der Waals surface area contributed by atoms with Crippen LogP contribution in [0.3, 0.4) is 0 Å². The Labute approximate surface area is 171 Å². The van der Waals surface area contributed by atoms with E-state index in [1.807, 2.05) is 7.05 Å². The number of aromatic nitrogens is 1. The van der Waals surface area contributed by atoms with Crippen LogP contribution in [0.25, 0.3) is 0 Å². The average Bonchev–Trinajstić information content (AvgIpc) is 3.27. The van der Waals surface area contributed by atoms with Crippen molar-refractivity contribution < 1.29 is 0 Å². The molecule has 6 heteroatoms. The van der Waals surface area contributed by atoms with E-state index in [1.165, 1.54) is 23.3 Å². The Morgan fingerprint density at radius 1 is 1.20 bits per heavy atom. The lowest BCUT2D eigenvalue weighted by atomic mass is 9.96. The Hall–Kier alpha value is -1.15. The van der Waals surface area contributed by atoms with Gasteiger partial charge in [0.05, 0.1) is 12.2 Å². The molecule has 1 aromatic heterocycles. The van der Waals surface area contributed by atoms with Gasteiger partial charge in [0.15, 0.2) is 5.96 Å². The fourth-order valence-corrected chi connectivity index (χ4v) is 3.76. The quantitative estimate of drug-likeness (QED) is 0.380. The highest BCUT2D eigenvalue weighted by atomic mass is 127. The van der Waals surface area contributed by atoms with Gasteiger partial charge in [0.1, 0.15) is 5.01 Å². The topological polar surface area (TPSA) is 49.3 Å². The molecule has 25 heavy (non-hydrogen) atoms. The first-order valence-electron chi connectivity index (χ1n) is 8.52. The van der Waals surface area contributed by atoms with Crippen molar-refractivity contribution in [3.8, 4) is 0 Å². The molecule has 1 saturated carbocycles. The maximum absolute atomic E-state index is 4.57. The summed E-state index contributed by atoms with van der Waals surface area (Å²) in [4.78, 5) is 10.2. The maximum Gasteiger partial charge on any atom is 0.191 e. The summed E-state index contributed by atoms with van der Waals surface area (Å²) in [5.74, 6) is 0.861. The number of aliphatic imine (C=N–C) groups is 1. The van der Waals surface area contributed by atoms with E-state index in [-0.39, 0.29) is 24.0 Å². The lowest BCUT2D eigenvalue weighted by molar-refractivity contribution is 0.492. The van der Waals surface area contributed by atoms with E-state index in [1.54, 1.807) is 11.3 Å². The van der Waals surface area contributed by atoms with Crippen LogP contribution in [-0.2, 0) is 13.0 Å². The van der Waals surface area contributed by atoms with E-state index in [4.69, 9.17) is 0 Å². The third kappa shape index (κ3) is 5.67. The molecule has 1 aliphatic carbocycles. The first-order valence-corrected chi connectivity index (χ1v) is 9.33. The van der Waals surface area contributed by atoms with Gasteiger partial charge in [0.25, 0.3) is 0 Å². The number of thiazole rings is 1. The maximum atomic E-state index is 4.57. The normalized spacial score (nSPS) is 15.4. The van der Waals surface area contributed by atoms with Crippen molar-refractivity contribution in [2.75, 3.05) is 13.6 Å². The smallest absolute Gasteiger partial charge is 0.191 e. The van der Waals surface area contributed by atoms with Crippen LogP contribution in [0.15, 0.2) is 35.3 Å². The number of nitrogens with zero attached hydrogens (tertiary/aromatic N) is 2. The molecule has 1 aliphatic rings. The third-order valence-electron chi connectivity index (χ3n) is 4.71. The number of nitrogens with one attached hydrogen (secondary N) is 2. The Bertz CT molecular complexity index is 688. The summed E-state index contributed by atoms with van der Waals surface area (Å²) < 4.78 is 0. The first kappa shape index (κ1) is 20.2. The van der Waals surface area contributed by atoms with E-state index < -0.39 is 0 Å². The summed E-state index contributed by atoms with van der Waals surface area (Å²) in [6, 6.07) is 10.8. The van der Waals surface area contributed by atoms with Gasteiger partial charge in [-0.1, -0.05) is 30.3 Å².